The van der Waals surface area contributed by atoms with Gasteiger partial charge in [-0.15, -0.1) is 10.2 Å². The summed E-state index contributed by atoms with van der Waals surface area (Å²) in [5, 5.41) is 12.0. The first kappa shape index (κ1) is 17.7. The number of nitrogens with one attached hydrogen (secondary N) is 1. The molecule has 140 valence electrons. The lowest BCUT2D eigenvalue weighted by Gasteiger charge is -2.24. The highest BCUT2D eigenvalue weighted by atomic mass is 32.1. The normalized spacial score (nSPS) is 17.3. The maximum absolute atomic E-state index is 12.3. The summed E-state index contributed by atoms with van der Waals surface area (Å²) in [4.78, 5) is 40.2. The van der Waals surface area contributed by atoms with Gasteiger partial charge < -0.3 is 0 Å². The Balaban J connectivity index is 1.35. The molecule has 0 unspecified atom stereocenters. The minimum absolute atomic E-state index is 0.329. The summed E-state index contributed by atoms with van der Waals surface area (Å²) in [6, 6.07) is 6.56. The van der Waals surface area contributed by atoms with E-state index >= 15 is 0 Å². The maximum atomic E-state index is 12.3. The average molecular weight is 385 g/mol. The molecule has 27 heavy (non-hydrogen) atoms. The Hall–Kier alpha value is -2.65. The molecular weight excluding hydrogens is 366 g/mol. The van der Waals surface area contributed by atoms with Crippen LogP contribution in [0.5, 0.6) is 0 Å². The van der Waals surface area contributed by atoms with E-state index < -0.39 is 17.7 Å². The average Bonchev–Trinajstić information content (AvgIpc) is 3.21. The van der Waals surface area contributed by atoms with Gasteiger partial charge in [0.1, 0.15) is 11.6 Å². The van der Waals surface area contributed by atoms with Crippen molar-refractivity contribution in [3.8, 4) is 0 Å². The number of nitrogens with zero attached hydrogens (tertiary/aromatic N) is 4. The Kier molecular flexibility index (Phi) is 4.95. The van der Waals surface area contributed by atoms with Gasteiger partial charge in [0, 0.05) is 0 Å². The van der Waals surface area contributed by atoms with Crippen molar-refractivity contribution in [2.75, 3.05) is 25.0 Å². The first-order valence-corrected chi connectivity index (χ1v) is 9.73. The molecule has 1 aromatic heterocycles. The summed E-state index contributed by atoms with van der Waals surface area (Å²) in [6.45, 7) is 2.50. The predicted molar refractivity (Wildman–Crippen MR) is 99.5 cm³/mol. The van der Waals surface area contributed by atoms with Crippen molar-refractivity contribution in [1.82, 2.24) is 20.0 Å². The Labute approximate surface area is 160 Å². The molecule has 0 bridgehead atoms. The van der Waals surface area contributed by atoms with Crippen molar-refractivity contribution in [2.24, 2.45) is 0 Å². The zero-order valence-electron chi connectivity index (χ0n) is 14.7. The third-order valence-electron chi connectivity index (χ3n) is 4.70. The van der Waals surface area contributed by atoms with Gasteiger partial charge in [0.2, 0.25) is 11.0 Å². The van der Waals surface area contributed by atoms with Crippen LogP contribution in [0.1, 0.15) is 45.0 Å². The lowest BCUT2D eigenvalue weighted by molar-refractivity contribution is -0.116. The van der Waals surface area contributed by atoms with E-state index in [1.165, 1.54) is 30.6 Å². The number of rotatable bonds is 5. The van der Waals surface area contributed by atoms with Gasteiger partial charge in [0.15, 0.2) is 0 Å². The van der Waals surface area contributed by atoms with Crippen LogP contribution < -0.4 is 5.32 Å². The number of hydrogen-bond donors (Lipinski definition) is 1. The summed E-state index contributed by atoms with van der Waals surface area (Å²) < 4.78 is 0. The van der Waals surface area contributed by atoms with Gasteiger partial charge in [-0.05, 0) is 38.1 Å². The van der Waals surface area contributed by atoms with Crippen molar-refractivity contribution < 1.29 is 14.4 Å². The minimum atomic E-state index is -0.467. The van der Waals surface area contributed by atoms with Gasteiger partial charge in [0.05, 0.1) is 17.7 Å². The highest BCUT2D eigenvalue weighted by Crippen LogP contribution is 2.23. The third kappa shape index (κ3) is 3.74. The second-order valence-electron chi connectivity index (χ2n) is 6.63. The smallest absolute Gasteiger partial charge is 0.262 e. The van der Waals surface area contributed by atoms with Crippen molar-refractivity contribution >= 4 is 34.2 Å². The molecule has 1 fully saturated rings. The molecule has 1 aromatic carbocycles. The van der Waals surface area contributed by atoms with E-state index in [0.29, 0.717) is 16.3 Å². The van der Waals surface area contributed by atoms with Crippen LogP contribution in [-0.4, -0.2) is 57.4 Å². The predicted octanol–water partition coefficient (Wildman–Crippen LogP) is 1.76. The molecule has 3 heterocycles. The minimum Gasteiger partial charge on any atom is -0.299 e. The fraction of sp³-hybridized carbons (Fsp3) is 0.389. The molecular formula is C18H19N5O3S. The maximum Gasteiger partial charge on any atom is 0.262 e. The fourth-order valence-electron chi connectivity index (χ4n) is 3.36. The van der Waals surface area contributed by atoms with Crippen molar-refractivity contribution in [2.45, 2.75) is 25.8 Å². The first-order valence-electron chi connectivity index (χ1n) is 8.91. The number of imide groups is 1. The second kappa shape index (κ2) is 7.53. The molecule has 0 spiro atoms. The number of benzene rings is 1. The first-order chi connectivity index (χ1) is 13.1. The number of piperidine rings is 1. The van der Waals surface area contributed by atoms with Crippen LogP contribution in [0.4, 0.5) is 5.13 Å². The summed E-state index contributed by atoms with van der Waals surface area (Å²) in [7, 11) is 0. The number of fused-ring (bicyclic) bond motifs is 1. The number of aromatic nitrogens is 2. The SMILES string of the molecule is O=C(CN1C(=O)c2ccccc2C1=O)Nc1nnc(CN2CCCCC2)s1. The van der Waals surface area contributed by atoms with E-state index in [1.54, 1.807) is 24.3 Å². The number of hydrogen-bond acceptors (Lipinski definition) is 7. The number of amides is 3. The van der Waals surface area contributed by atoms with E-state index in [9.17, 15) is 14.4 Å². The molecule has 3 amide bonds. The largest absolute Gasteiger partial charge is 0.299 e. The Morgan fingerprint density at radius 3 is 2.37 bits per heavy atom. The van der Waals surface area contributed by atoms with Crippen LogP contribution in [0.2, 0.25) is 0 Å². The molecule has 4 rings (SSSR count). The van der Waals surface area contributed by atoms with Crippen molar-refractivity contribution in [1.29, 1.82) is 0 Å². The van der Waals surface area contributed by atoms with Gasteiger partial charge in [-0.3, -0.25) is 29.5 Å². The van der Waals surface area contributed by atoms with E-state index in [1.807, 2.05) is 0 Å². The van der Waals surface area contributed by atoms with Crippen molar-refractivity contribution in [3.05, 3.63) is 40.4 Å². The molecule has 0 atom stereocenters. The van der Waals surface area contributed by atoms with Crippen LogP contribution >= 0.6 is 11.3 Å². The van der Waals surface area contributed by atoms with Crippen LogP contribution in [-0.2, 0) is 11.3 Å². The van der Waals surface area contributed by atoms with Crippen LogP contribution in [0.3, 0.4) is 0 Å². The zero-order chi connectivity index (χ0) is 18.8. The summed E-state index contributed by atoms with van der Waals surface area (Å²) >= 11 is 1.32. The molecule has 8 nitrogen and oxygen atoms in total. The highest BCUT2D eigenvalue weighted by molar-refractivity contribution is 7.15. The third-order valence-corrected chi connectivity index (χ3v) is 5.52. The Bertz CT molecular complexity index is 856. The van der Waals surface area contributed by atoms with E-state index in [4.69, 9.17) is 0 Å². The van der Waals surface area contributed by atoms with Gasteiger partial charge >= 0.3 is 0 Å². The van der Waals surface area contributed by atoms with Crippen LogP contribution in [0, 0.1) is 0 Å². The lowest BCUT2D eigenvalue weighted by atomic mass is 10.1. The van der Waals surface area contributed by atoms with Gasteiger partial charge in [-0.25, -0.2) is 0 Å². The van der Waals surface area contributed by atoms with E-state index in [0.717, 1.165) is 29.5 Å². The topological polar surface area (TPSA) is 95.5 Å². The van der Waals surface area contributed by atoms with E-state index in [2.05, 4.69) is 20.4 Å². The molecule has 2 aliphatic heterocycles. The number of carbonyl (C=O) groups is 3. The van der Waals surface area contributed by atoms with Crippen molar-refractivity contribution in [3.63, 3.8) is 0 Å². The molecule has 0 saturated carbocycles. The lowest BCUT2D eigenvalue weighted by Crippen LogP contribution is -2.37. The molecule has 1 saturated heterocycles. The second-order valence-corrected chi connectivity index (χ2v) is 7.69. The standard InChI is InChI=1S/C18H19N5O3S/c24-14(10-23-16(25)12-6-2-3-7-13(12)17(23)26)19-18-21-20-15(27-18)11-22-8-4-1-5-9-22/h2-3,6-7H,1,4-5,8-11H2,(H,19,21,24). The van der Waals surface area contributed by atoms with Gasteiger partial charge in [0.25, 0.3) is 11.8 Å². The van der Waals surface area contributed by atoms with Gasteiger partial charge in [-0.2, -0.15) is 0 Å². The fourth-order valence-corrected chi connectivity index (χ4v) is 4.16. The molecule has 9 heteroatoms. The Morgan fingerprint density at radius 2 is 1.70 bits per heavy atom. The highest BCUT2D eigenvalue weighted by Gasteiger charge is 2.36. The number of anilines is 1. The summed E-state index contributed by atoms with van der Waals surface area (Å²) in [5.74, 6) is -1.37. The molecule has 0 aliphatic carbocycles. The molecule has 0 radical (unpaired) electrons. The van der Waals surface area contributed by atoms with Gasteiger partial charge in [-0.1, -0.05) is 29.9 Å². The quantitative estimate of drug-likeness (QED) is 0.788. The zero-order valence-corrected chi connectivity index (χ0v) is 15.5. The number of carbonyl (C=O) groups excluding carboxylic acids is 3. The summed E-state index contributed by atoms with van der Waals surface area (Å²) in [5.41, 5.74) is 0.657. The van der Waals surface area contributed by atoms with Crippen LogP contribution in [0.25, 0.3) is 0 Å². The van der Waals surface area contributed by atoms with Crippen LogP contribution in [0.15, 0.2) is 24.3 Å². The Morgan fingerprint density at radius 1 is 1.04 bits per heavy atom. The monoisotopic (exact) mass is 385 g/mol. The van der Waals surface area contributed by atoms with E-state index in [-0.39, 0.29) is 6.54 Å². The molecule has 1 N–H and O–H groups in total. The molecule has 2 aromatic rings. The number of likely N-dealkylation sites (tertiary alicyclic amines) is 1. The molecule has 2 aliphatic rings. The summed E-state index contributed by atoms with van der Waals surface area (Å²) in [6.07, 6.45) is 3.66.